The van der Waals surface area contributed by atoms with E-state index in [4.69, 9.17) is 9.47 Å². The molecule has 0 bridgehead atoms. The van der Waals surface area contributed by atoms with Gasteiger partial charge in [0, 0.05) is 11.1 Å². The van der Waals surface area contributed by atoms with E-state index >= 15 is 0 Å². The molecule has 5 heteroatoms. The number of rotatable bonds is 6. The minimum atomic E-state index is -0.442. The summed E-state index contributed by atoms with van der Waals surface area (Å²) in [5, 5.41) is 0. The maximum absolute atomic E-state index is 13.1. The van der Waals surface area contributed by atoms with Gasteiger partial charge in [0.25, 0.3) is 0 Å². The molecule has 2 aromatic carbocycles. The summed E-state index contributed by atoms with van der Waals surface area (Å²) in [6.45, 7) is 10.1. The maximum atomic E-state index is 13.1. The van der Waals surface area contributed by atoms with Crippen molar-refractivity contribution < 1.29 is 31.2 Å². The molecule has 152 valence electrons. The fraction of sp³-hybridized carbons (Fsp3) is 0.435. The van der Waals surface area contributed by atoms with Crippen LogP contribution >= 0.6 is 0 Å². The van der Waals surface area contributed by atoms with E-state index in [0.717, 1.165) is 33.7 Å². The largest absolute Gasteiger partial charge is 1.00 e. The molecule has 0 radical (unpaired) electrons. The maximum Gasteiger partial charge on any atom is 0.318 e. The first kappa shape index (κ1) is 22.3. The lowest BCUT2D eigenvalue weighted by atomic mass is 9.88. The van der Waals surface area contributed by atoms with Crippen LogP contribution in [0.5, 0.6) is 11.5 Å². The highest BCUT2D eigenvalue weighted by atomic mass is 35.5. The predicted octanol–water partition coefficient (Wildman–Crippen LogP) is 1.73. The van der Waals surface area contributed by atoms with Crippen molar-refractivity contribution in [3.8, 4) is 11.5 Å². The summed E-state index contributed by atoms with van der Waals surface area (Å²) >= 11 is 0. The molecule has 0 atom stereocenters. The quantitative estimate of drug-likeness (QED) is 0.544. The normalized spacial score (nSPS) is 13.4. The zero-order valence-electron chi connectivity index (χ0n) is 17.3. The summed E-state index contributed by atoms with van der Waals surface area (Å²) in [7, 11) is 2.22. The molecule has 3 rings (SSSR count). The van der Waals surface area contributed by atoms with Crippen LogP contribution in [0.25, 0.3) is 0 Å². The average Bonchev–Trinajstić information content (AvgIpc) is 2.65. The molecule has 0 saturated heterocycles. The lowest BCUT2D eigenvalue weighted by Gasteiger charge is -2.42. The number of esters is 1. The fourth-order valence-electron chi connectivity index (χ4n) is 3.70. The Kier molecular flexibility index (Phi) is 7.13. The highest BCUT2D eigenvalue weighted by molar-refractivity contribution is 5.85. The van der Waals surface area contributed by atoms with Crippen LogP contribution in [0.4, 0.5) is 0 Å². The number of likely N-dealkylation sites (N-methyl/N-ethyl adjacent to an activating group) is 1. The Balaban J connectivity index is 0.00000280. The van der Waals surface area contributed by atoms with Gasteiger partial charge in [-0.05, 0) is 39.8 Å². The number of halogens is 1. The minimum Gasteiger partial charge on any atom is -1.00 e. The number of hydrogen-bond acceptors (Lipinski definition) is 3. The minimum absolute atomic E-state index is 0. The molecule has 0 amide bonds. The van der Waals surface area contributed by atoms with Crippen LogP contribution in [0, 0.1) is 0 Å². The van der Waals surface area contributed by atoms with E-state index in [2.05, 4.69) is 34.7 Å². The number of quaternary nitrogens is 1. The molecule has 0 aromatic heterocycles. The summed E-state index contributed by atoms with van der Waals surface area (Å²) < 4.78 is 12.6. The number of carbonyl (C=O) groups excluding carboxylic acids is 1. The number of hydrogen-bond donors (Lipinski definition) is 0. The Hall–Kier alpha value is -2.04. The summed E-state index contributed by atoms with van der Waals surface area (Å²) in [6, 6.07) is 16.3. The molecule has 0 saturated carbocycles. The van der Waals surface area contributed by atoms with Gasteiger partial charge in [-0.25, -0.2) is 0 Å². The van der Waals surface area contributed by atoms with Crippen molar-refractivity contribution in [3.63, 3.8) is 0 Å². The van der Waals surface area contributed by atoms with Gasteiger partial charge in [0.1, 0.15) is 30.6 Å². The number of para-hydroxylation sites is 2. The lowest BCUT2D eigenvalue weighted by molar-refractivity contribution is -0.949. The van der Waals surface area contributed by atoms with E-state index in [0.29, 0.717) is 18.7 Å². The van der Waals surface area contributed by atoms with Crippen LogP contribution in [0.2, 0.25) is 0 Å². The second-order valence-corrected chi connectivity index (χ2v) is 8.04. The summed E-state index contributed by atoms with van der Waals surface area (Å²) in [4.78, 5) is 13.1. The van der Waals surface area contributed by atoms with Crippen LogP contribution in [-0.4, -0.2) is 42.7 Å². The van der Waals surface area contributed by atoms with Crippen LogP contribution in [0.15, 0.2) is 48.5 Å². The number of ether oxygens (including phenoxy) is 2. The van der Waals surface area contributed by atoms with Gasteiger partial charge >= 0.3 is 5.97 Å². The van der Waals surface area contributed by atoms with Gasteiger partial charge in [-0.1, -0.05) is 36.4 Å². The number of benzene rings is 2. The molecule has 1 aliphatic rings. The fourth-order valence-corrected chi connectivity index (χ4v) is 3.70. The van der Waals surface area contributed by atoms with E-state index in [1.807, 2.05) is 48.5 Å². The first-order valence-electron chi connectivity index (χ1n) is 9.72. The first-order valence-corrected chi connectivity index (χ1v) is 9.72. The third-order valence-corrected chi connectivity index (χ3v) is 6.09. The van der Waals surface area contributed by atoms with Gasteiger partial charge in [0.2, 0.25) is 0 Å². The SMILES string of the molecule is CC(C)[N+](C)(CCOC(=O)C1c2ccccc2Oc2ccccc21)C(C)C.[Cl-]. The molecule has 0 aliphatic carbocycles. The van der Waals surface area contributed by atoms with Crippen LogP contribution in [-0.2, 0) is 9.53 Å². The molecule has 0 N–H and O–H groups in total. The molecule has 2 aromatic rings. The number of nitrogens with zero attached hydrogens (tertiary/aromatic N) is 1. The lowest BCUT2D eigenvalue weighted by Crippen LogP contribution is -3.00. The van der Waals surface area contributed by atoms with E-state index in [1.165, 1.54) is 0 Å². The van der Waals surface area contributed by atoms with Crippen molar-refractivity contribution in [2.45, 2.75) is 45.7 Å². The Morgan fingerprint density at radius 2 is 1.43 bits per heavy atom. The van der Waals surface area contributed by atoms with Crippen LogP contribution < -0.4 is 17.1 Å². The molecule has 0 spiro atoms. The monoisotopic (exact) mass is 403 g/mol. The zero-order chi connectivity index (χ0) is 19.6. The number of carbonyl (C=O) groups is 1. The molecule has 1 aliphatic heterocycles. The molecular formula is C23H30ClNO3. The molecular weight excluding hydrogens is 374 g/mol. The van der Waals surface area contributed by atoms with Crippen molar-refractivity contribution in [1.29, 1.82) is 0 Å². The van der Waals surface area contributed by atoms with Gasteiger partial charge in [0.15, 0.2) is 0 Å². The molecule has 0 fully saturated rings. The van der Waals surface area contributed by atoms with Gasteiger partial charge in [-0.2, -0.15) is 0 Å². The van der Waals surface area contributed by atoms with Crippen molar-refractivity contribution in [3.05, 3.63) is 59.7 Å². The second-order valence-electron chi connectivity index (χ2n) is 8.04. The van der Waals surface area contributed by atoms with Crippen molar-refractivity contribution in [2.24, 2.45) is 0 Å². The van der Waals surface area contributed by atoms with Crippen LogP contribution in [0.3, 0.4) is 0 Å². The second kappa shape index (κ2) is 8.97. The van der Waals surface area contributed by atoms with E-state index < -0.39 is 5.92 Å². The van der Waals surface area contributed by atoms with Gasteiger partial charge < -0.3 is 26.4 Å². The molecule has 28 heavy (non-hydrogen) atoms. The van der Waals surface area contributed by atoms with E-state index in [9.17, 15) is 4.79 Å². The molecule has 1 heterocycles. The third-order valence-electron chi connectivity index (χ3n) is 6.09. The predicted molar refractivity (Wildman–Crippen MR) is 107 cm³/mol. The van der Waals surface area contributed by atoms with E-state index in [-0.39, 0.29) is 18.4 Å². The zero-order valence-corrected chi connectivity index (χ0v) is 18.1. The topological polar surface area (TPSA) is 35.5 Å². The highest BCUT2D eigenvalue weighted by Gasteiger charge is 2.35. The summed E-state index contributed by atoms with van der Waals surface area (Å²) in [5.74, 6) is 0.798. The standard InChI is InChI=1S/C23H30NO3.ClH/c1-16(2)24(5,17(3)4)14-15-26-23(25)22-18-10-6-8-12-20(18)27-21-13-9-7-11-19(21)22;/h6-13,16-17,22H,14-15H2,1-5H3;1H/q+1;/p-1. The Labute approximate surface area is 174 Å². The Bertz CT molecular complexity index is 765. The smallest absolute Gasteiger partial charge is 0.318 e. The first-order chi connectivity index (χ1) is 12.8. The van der Waals surface area contributed by atoms with E-state index in [1.54, 1.807) is 0 Å². The van der Waals surface area contributed by atoms with Crippen molar-refractivity contribution in [2.75, 3.05) is 20.2 Å². The van der Waals surface area contributed by atoms with Gasteiger partial charge in [-0.15, -0.1) is 0 Å². The Morgan fingerprint density at radius 3 is 1.89 bits per heavy atom. The summed E-state index contributed by atoms with van der Waals surface area (Å²) in [6.07, 6.45) is 0. The highest BCUT2D eigenvalue weighted by Crippen LogP contribution is 2.44. The van der Waals surface area contributed by atoms with Crippen molar-refractivity contribution >= 4 is 5.97 Å². The molecule has 4 nitrogen and oxygen atoms in total. The van der Waals surface area contributed by atoms with Crippen molar-refractivity contribution in [1.82, 2.24) is 0 Å². The third kappa shape index (κ3) is 4.18. The average molecular weight is 404 g/mol. The molecule has 0 unspecified atom stereocenters. The number of fused-ring (bicyclic) bond motifs is 2. The van der Waals surface area contributed by atoms with Gasteiger partial charge in [-0.3, -0.25) is 4.79 Å². The van der Waals surface area contributed by atoms with Gasteiger partial charge in [0.05, 0.1) is 19.1 Å². The van der Waals surface area contributed by atoms with Crippen LogP contribution in [0.1, 0.15) is 44.7 Å². The Morgan fingerprint density at radius 1 is 0.964 bits per heavy atom. The summed E-state index contributed by atoms with van der Waals surface area (Å²) in [5.41, 5.74) is 1.73.